The molecule has 2 aromatic rings. The fraction of sp³-hybridized carbons (Fsp3) is 0.500. The second-order valence-electron chi connectivity index (χ2n) is 5.71. The molecule has 0 aliphatic heterocycles. The highest BCUT2D eigenvalue weighted by Gasteiger charge is 2.20. The van der Waals surface area contributed by atoms with Gasteiger partial charge >= 0.3 is 0 Å². The first kappa shape index (κ1) is 15.6. The Kier molecular flexibility index (Phi) is 4.71. The molecule has 0 aliphatic rings. The summed E-state index contributed by atoms with van der Waals surface area (Å²) in [6.45, 7) is 11.2. The first-order valence-electron chi connectivity index (χ1n) is 7.95. The van der Waals surface area contributed by atoms with Gasteiger partial charge in [0, 0.05) is 23.5 Å². The Morgan fingerprint density at radius 1 is 1.29 bits per heavy atom. The fourth-order valence-corrected chi connectivity index (χ4v) is 2.80. The van der Waals surface area contributed by atoms with Crippen LogP contribution in [-0.2, 0) is 13.0 Å². The number of rotatable bonds is 5. The highest BCUT2D eigenvalue weighted by Crippen LogP contribution is 2.27. The smallest absolute Gasteiger partial charge is 0.268 e. The monoisotopic (exact) mass is 286 g/mol. The van der Waals surface area contributed by atoms with E-state index >= 15 is 0 Å². The van der Waals surface area contributed by atoms with Crippen LogP contribution in [0.2, 0.25) is 0 Å². The van der Waals surface area contributed by atoms with Crippen LogP contribution in [0.5, 0.6) is 0 Å². The van der Waals surface area contributed by atoms with Gasteiger partial charge in [-0.15, -0.1) is 0 Å². The highest BCUT2D eigenvalue weighted by molar-refractivity contribution is 6.01. The van der Waals surface area contributed by atoms with Gasteiger partial charge in [0.1, 0.15) is 5.69 Å². The maximum Gasteiger partial charge on any atom is 0.268 e. The standard InChI is InChI=1S/C18H26N2O/c1-6-12(4)19-18(21)17-13(5)15-11-14(7-2)9-10-16(15)20(17)8-3/h9-12H,6-8H2,1-5H3,(H,19,21). The largest absolute Gasteiger partial charge is 0.348 e. The maximum atomic E-state index is 12.6. The van der Waals surface area contributed by atoms with Crippen molar-refractivity contribution < 1.29 is 4.79 Å². The van der Waals surface area contributed by atoms with Crippen molar-refractivity contribution >= 4 is 16.8 Å². The minimum absolute atomic E-state index is 0.0398. The number of aryl methyl sites for hydroxylation is 3. The molecule has 2 rings (SSSR count). The molecule has 1 N–H and O–H groups in total. The summed E-state index contributed by atoms with van der Waals surface area (Å²) in [7, 11) is 0. The van der Waals surface area contributed by atoms with E-state index in [0.717, 1.165) is 36.2 Å². The van der Waals surface area contributed by atoms with Crippen molar-refractivity contribution in [2.45, 2.75) is 60.0 Å². The van der Waals surface area contributed by atoms with Crippen molar-refractivity contribution in [3.63, 3.8) is 0 Å². The van der Waals surface area contributed by atoms with Crippen LogP contribution in [0.15, 0.2) is 18.2 Å². The van der Waals surface area contributed by atoms with Crippen LogP contribution in [0.4, 0.5) is 0 Å². The van der Waals surface area contributed by atoms with E-state index in [-0.39, 0.29) is 11.9 Å². The van der Waals surface area contributed by atoms with Gasteiger partial charge in [-0.1, -0.05) is 19.9 Å². The Morgan fingerprint density at radius 3 is 2.57 bits per heavy atom. The van der Waals surface area contributed by atoms with Gasteiger partial charge in [0.05, 0.1) is 0 Å². The summed E-state index contributed by atoms with van der Waals surface area (Å²) in [5.41, 5.74) is 4.36. The average molecular weight is 286 g/mol. The molecule has 0 spiro atoms. The Hall–Kier alpha value is -1.77. The number of nitrogens with one attached hydrogen (secondary N) is 1. The summed E-state index contributed by atoms with van der Waals surface area (Å²) in [5, 5.41) is 4.29. The number of carbonyl (C=O) groups is 1. The molecule has 1 unspecified atom stereocenters. The van der Waals surface area contributed by atoms with Crippen LogP contribution in [0.1, 0.15) is 55.7 Å². The van der Waals surface area contributed by atoms with Gasteiger partial charge in [0.25, 0.3) is 5.91 Å². The first-order valence-corrected chi connectivity index (χ1v) is 7.95. The normalized spacial score (nSPS) is 12.6. The number of carbonyl (C=O) groups excluding carboxylic acids is 1. The van der Waals surface area contributed by atoms with Crippen molar-refractivity contribution in [1.29, 1.82) is 0 Å². The third-order valence-electron chi connectivity index (χ3n) is 4.31. The number of fused-ring (bicyclic) bond motifs is 1. The van der Waals surface area contributed by atoms with Gasteiger partial charge in [-0.05, 0) is 56.9 Å². The summed E-state index contributed by atoms with van der Waals surface area (Å²) in [6, 6.07) is 6.72. The number of benzene rings is 1. The van der Waals surface area contributed by atoms with Crippen molar-refractivity contribution in [3.05, 3.63) is 35.0 Å². The Labute approximate surface area is 127 Å². The SMILES string of the molecule is CCc1ccc2c(c1)c(C)c(C(=O)NC(C)CC)n2CC. The lowest BCUT2D eigenvalue weighted by atomic mass is 10.1. The molecule has 3 nitrogen and oxygen atoms in total. The summed E-state index contributed by atoms with van der Waals surface area (Å²) < 4.78 is 2.13. The molecule has 0 aliphatic carbocycles. The molecule has 0 fully saturated rings. The number of aromatic nitrogens is 1. The molecule has 1 aromatic carbocycles. The van der Waals surface area contributed by atoms with E-state index in [9.17, 15) is 4.79 Å². The lowest BCUT2D eigenvalue weighted by Crippen LogP contribution is -2.33. The predicted molar refractivity (Wildman–Crippen MR) is 88.9 cm³/mol. The van der Waals surface area contributed by atoms with Gasteiger partial charge in [-0.25, -0.2) is 0 Å². The number of nitrogens with zero attached hydrogens (tertiary/aromatic N) is 1. The summed E-state index contributed by atoms with van der Waals surface area (Å²) >= 11 is 0. The predicted octanol–water partition coefficient (Wildman–Crippen LogP) is 4.06. The van der Waals surface area contributed by atoms with Crippen LogP contribution in [0.3, 0.4) is 0 Å². The lowest BCUT2D eigenvalue weighted by molar-refractivity contribution is 0.0930. The number of hydrogen-bond acceptors (Lipinski definition) is 1. The minimum Gasteiger partial charge on any atom is -0.348 e. The molecular formula is C18H26N2O. The molecule has 1 heterocycles. The van der Waals surface area contributed by atoms with Crippen LogP contribution < -0.4 is 5.32 Å². The summed E-state index contributed by atoms with van der Waals surface area (Å²) in [4.78, 5) is 12.6. The Morgan fingerprint density at radius 2 is 2.00 bits per heavy atom. The minimum atomic E-state index is 0.0398. The third-order valence-corrected chi connectivity index (χ3v) is 4.31. The van der Waals surface area contributed by atoms with Crippen LogP contribution in [0, 0.1) is 6.92 Å². The highest BCUT2D eigenvalue weighted by atomic mass is 16.2. The van der Waals surface area contributed by atoms with E-state index in [2.05, 4.69) is 55.8 Å². The average Bonchev–Trinajstić information content (AvgIpc) is 2.78. The van der Waals surface area contributed by atoms with Crippen LogP contribution >= 0.6 is 0 Å². The van der Waals surface area contributed by atoms with E-state index in [1.165, 1.54) is 10.9 Å². The maximum absolute atomic E-state index is 12.6. The zero-order chi connectivity index (χ0) is 15.6. The van der Waals surface area contributed by atoms with Crippen molar-refractivity contribution in [2.75, 3.05) is 0 Å². The molecule has 1 aromatic heterocycles. The summed E-state index contributed by atoms with van der Waals surface area (Å²) in [6.07, 6.45) is 1.96. The molecule has 1 atom stereocenters. The van der Waals surface area contributed by atoms with Crippen molar-refractivity contribution in [3.8, 4) is 0 Å². The van der Waals surface area contributed by atoms with E-state index < -0.39 is 0 Å². The number of hydrogen-bond donors (Lipinski definition) is 1. The van der Waals surface area contributed by atoms with E-state index in [4.69, 9.17) is 0 Å². The second-order valence-corrected chi connectivity index (χ2v) is 5.71. The van der Waals surface area contributed by atoms with Gasteiger partial charge in [-0.3, -0.25) is 4.79 Å². The van der Waals surface area contributed by atoms with Crippen molar-refractivity contribution in [2.24, 2.45) is 0 Å². The molecule has 0 bridgehead atoms. The molecule has 3 heteroatoms. The third kappa shape index (κ3) is 2.82. The fourth-order valence-electron chi connectivity index (χ4n) is 2.80. The van der Waals surface area contributed by atoms with Crippen molar-refractivity contribution in [1.82, 2.24) is 9.88 Å². The number of amides is 1. The molecule has 21 heavy (non-hydrogen) atoms. The van der Waals surface area contributed by atoms with Gasteiger partial charge in [0.15, 0.2) is 0 Å². The van der Waals surface area contributed by atoms with Gasteiger partial charge in [-0.2, -0.15) is 0 Å². The zero-order valence-electron chi connectivity index (χ0n) is 13.8. The lowest BCUT2D eigenvalue weighted by Gasteiger charge is -2.14. The second kappa shape index (κ2) is 6.33. The molecule has 1 amide bonds. The first-order chi connectivity index (χ1) is 10.0. The Balaban J connectivity index is 2.57. The van der Waals surface area contributed by atoms with Gasteiger partial charge < -0.3 is 9.88 Å². The van der Waals surface area contributed by atoms with E-state index in [0.29, 0.717) is 0 Å². The topological polar surface area (TPSA) is 34.0 Å². The quantitative estimate of drug-likeness (QED) is 0.883. The molecule has 0 saturated heterocycles. The summed E-state index contributed by atoms with van der Waals surface area (Å²) in [5.74, 6) is 0.0398. The van der Waals surface area contributed by atoms with Gasteiger partial charge in [0.2, 0.25) is 0 Å². The van der Waals surface area contributed by atoms with E-state index in [1.807, 2.05) is 6.92 Å². The van der Waals surface area contributed by atoms with Crippen LogP contribution in [0.25, 0.3) is 10.9 Å². The molecule has 0 radical (unpaired) electrons. The molecule has 114 valence electrons. The van der Waals surface area contributed by atoms with Crippen LogP contribution in [-0.4, -0.2) is 16.5 Å². The molecular weight excluding hydrogens is 260 g/mol. The Bertz CT molecular complexity index is 655. The molecule has 0 saturated carbocycles. The zero-order valence-corrected chi connectivity index (χ0v) is 13.8. The van der Waals surface area contributed by atoms with E-state index in [1.54, 1.807) is 0 Å².